The topological polar surface area (TPSA) is 63.1 Å². The maximum atomic E-state index is 12.6. The average molecular weight is 325 g/mol. The number of carbonyl (C=O) groups is 1. The molecule has 2 heterocycles. The van der Waals surface area contributed by atoms with E-state index in [0.29, 0.717) is 11.2 Å². The fraction of sp³-hybridized carbons (Fsp3) is 0.500. The zero-order valence-corrected chi connectivity index (χ0v) is 14.0. The van der Waals surface area contributed by atoms with Crippen LogP contribution in [0.4, 0.5) is 5.82 Å². The molecule has 1 amide bonds. The molecule has 1 aromatic carbocycles. The van der Waals surface area contributed by atoms with Crippen LogP contribution in [0.1, 0.15) is 32.6 Å². The van der Waals surface area contributed by atoms with Crippen LogP contribution >= 0.6 is 0 Å². The van der Waals surface area contributed by atoms with Gasteiger partial charge in [0, 0.05) is 13.1 Å². The van der Waals surface area contributed by atoms with E-state index < -0.39 is 0 Å². The number of likely N-dealkylation sites (tertiary alicyclic amines) is 1. The highest BCUT2D eigenvalue weighted by molar-refractivity contribution is 5.84. The van der Waals surface area contributed by atoms with Crippen LogP contribution in [0.3, 0.4) is 0 Å². The number of para-hydroxylation sites is 1. The van der Waals surface area contributed by atoms with Crippen molar-refractivity contribution >= 4 is 11.7 Å². The van der Waals surface area contributed by atoms with Gasteiger partial charge in [-0.15, -0.1) is 9.90 Å². The third-order valence-corrected chi connectivity index (χ3v) is 5.31. The molecule has 24 heavy (non-hydrogen) atoms. The number of benzene rings is 1. The summed E-state index contributed by atoms with van der Waals surface area (Å²) in [7, 11) is 0. The van der Waals surface area contributed by atoms with Gasteiger partial charge >= 0.3 is 0 Å². The first-order valence-electron chi connectivity index (χ1n) is 8.68. The highest BCUT2D eigenvalue weighted by Crippen LogP contribution is 2.53. The quantitative estimate of drug-likeness (QED) is 0.938. The van der Waals surface area contributed by atoms with Crippen LogP contribution in [-0.2, 0) is 4.79 Å². The summed E-state index contributed by atoms with van der Waals surface area (Å²) in [6, 6.07) is 9.44. The van der Waals surface area contributed by atoms with Crippen LogP contribution in [0, 0.1) is 5.41 Å². The van der Waals surface area contributed by atoms with Gasteiger partial charge in [-0.05, 0) is 50.2 Å². The van der Waals surface area contributed by atoms with Gasteiger partial charge in [0.2, 0.25) is 5.91 Å². The molecule has 6 nitrogen and oxygen atoms in total. The van der Waals surface area contributed by atoms with Gasteiger partial charge in [0.25, 0.3) is 0 Å². The minimum absolute atomic E-state index is 0.153. The van der Waals surface area contributed by atoms with Gasteiger partial charge in [-0.2, -0.15) is 5.10 Å². The number of amides is 1. The number of nitrogens with zero attached hydrogens (tertiary/aromatic N) is 4. The van der Waals surface area contributed by atoms with Crippen LogP contribution in [0.5, 0.6) is 0 Å². The number of aromatic nitrogens is 3. The van der Waals surface area contributed by atoms with E-state index in [1.165, 1.54) is 12.8 Å². The predicted molar refractivity (Wildman–Crippen MR) is 91.9 cm³/mol. The molecule has 2 aromatic rings. The van der Waals surface area contributed by atoms with Crippen molar-refractivity contribution < 1.29 is 4.79 Å². The van der Waals surface area contributed by atoms with E-state index in [4.69, 9.17) is 0 Å². The molecule has 1 aromatic heterocycles. The van der Waals surface area contributed by atoms with Gasteiger partial charge in [0.15, 0.2) is 5.82 Å². The first-order chi connectivity index (χ1) is 11.7. The normalized spacial score (nSPS) is 20.0. The second kappa shape index (κ2) is 5.92. The highest BCUT2D eigenvalue weighted by atomic mass is 16.2. The lowest BCUT2D eigenvalue weighted by atomic mass is 9.93. The van der Waals surface area contributed by atoms with Crippen LogP contribution in [0.15, 0.2) is 36.5 Å². The molecule has 1 aliphatic carbocycles. The van der Waals surface area contributed by atoms with Crippen LogP contribution in [0.2, 0.25) is 0 Å². The molecule has 1 saturated heterocycles. The molecule has 1 spiro atoms. The number of anilines is 1. The van der Waals surface area contributed by atoms with Gasteiger partial charge in [-0.3, -0.25) is 4.79 Å². The second-order valence-electron chi connectivity index (χ2n) is 7.05. The number of piperidine rings is 1. The standard InChI is InChI=1S/C18H23N5O/c1-14(17(24)22-11-9-18(7-8-18)10-12-22)20-16-13-19-23(21-16)15-5-3-2-4-6-15/h2-6,13-14H,7-12H2,1H3,(H,20,21)/t14-/m0/s1. The Morgan fingerprint density at radius 1 is 1.17 bits per heavy atom. The first-order valence-corrected chi connectivity index (χ1v) is 8.68. The summed E-state index contributed by atoms with van der Waals surface area (Å²) < 4.78 is 0. The van der Waals surface area contributed by atoms with Crippen molar-refractivity contribution in [3.63, 3.8) is 0 Å². The smallest absolute Gasteiger partial charge is 0.244 e. The van der Waals surface area contributed by atoms with Crippen molar-refractivity contribution in [3.8, 4) is 5.69 Å². The fourth-order valence-electron chi connectivity index (χ4n) is 3.45. The van der Waals surface area contributed by atoms with E-state index >= 15 is 0 Å². The summed E-state index contributed by atoms with van der Waals surface area (Å²) in [5, 5.41) is 11.8. The van der Waals surface area contributed by atoms with Crippen LogP contribution in [-0.4, -0.2) is 44.9 Å². The Labute approximate surface area is 141 Å². The Balaban J connectivity index is 1.36. The number of nitrogens with one attached hydrogen (secondary N) is 1. The zero-order chi connectivity index (χ0) is 16.6. The molecular formula is C18H23N5O. The van der Waals surface area contributed by atoms with E-state index in [1.807, 2.05) is 42.2 Å². The summed E-state index contributed by atoms with van der Waals surface area (Å²) in [4.78, 5) is 16.2. The van der Waals surface area contributed by atoms with Crippen molar-refractivity contribution in [2.45, 2.75) is 38.6 Å². The summed E-state index contributed by atoms with van der Waals surface area (Å²) in [5.41, 5.74) is 1.49. The summed E-state index contributed by atoms with van der Waals surface area (Å²) in [5.74, 6) is 0.773. The van der Waals surface area contributed by atoms with E-state index in [9.17, 15) is 4.79 Å². The first kappa shape index (κ1) is 15.2. The van der Waals surface area contributed by atoms with Crippen molar-refractivity contribution in [3.05, 3.63) is 36.5 Å². The SMILES string of the molecule is C[C@H](Nc1cnn(-c2ccccc2)n1)C(=O)N1CCC2(CC1)CC2. The minimum Gasteiger partial charge on any atom is -0.356 e. The van der Waals surface area contributed by atoms with E-state index in [0.717, 1.165) is 31.6 Å². The van der Waals surface area contributed by atoms with Gasteiger partial charge < -0.3 is 10.2 Å². The number of hydrogen-bond donors (Lipinski definition) is 1. The van der Waals surface area contributed by atoms with E-state index in [2.05, 4.69) is 15.5 Å². The molecule has 1 aliphatic heterocycles. The number of hydrogen-bond acceptors (Lipinski definition) is 4. The summed E-state index contributed by atoms with van der Waals surface area (Å²) in [6.07, 6.45) is 6.69. The Bertz CT molecular complexity index is 712. The molecule has 1 saturated carbocycles. The third kappa shape index (κ3) is 3.00. The molecule has 126 valence electrons. The van der Waals surface area contributed by atoms with Crippen LogP contribution < -0.4 is 5.32 Å². The van der Waals surface area contributed by atoms with Crippen molar-refractivity contribution in [1.82, 2.24) is 19.9 Å². The van der Waals surface area contributed by atoms with Crippen LogP contribution in [0.25, 0.3) is 5.69 Å². The molecular weight excluding hydrogens is 302 g/mol. The molecule has 4 rings (SSSR count). The number of carbonyl (C=O) groups excluding carboxylic acids is 1. The lowest BCUT2D eigenvalue weighted by Crippen LogP contribution is -2.45. The molecule has 0 bridgehead atoms. The average Bonchev–Trinajstić information content (AvgIpc) is 3.20. The summed E-state index contributed by atoms with van der Waals surface area (Å²) >= 11 is 0. The molecule has 2 aliphatic rings. The maximum absolute atomic E-state index is 12.6. The number of rotatable bonds is 4. The van der Waals surface area contributed by atoms with Gasteiger partial charge in [-0.1, -0.05) is 18.2 Å². The van der Waals surface area contributed by atoms with E-state index in [1.54, 1.807) is 11.0 Å². The van der Waals surface area contributed by atoms with Crippen molar-refractivity contribution in [2.75, 3.05) is 18.4 Å². The largest absolute Gasteiger partial charge is 0.356 e. The highest BCUT2D eigenvalue weighted by Gasteiger charge is 2.45. The molecule has 1 atom stereocenters. The van der Waals surface area contributed by atoms with Crippen molar-refractivity contribution in [2.24, 2.45) is 5.41 Å². The molecule has 0 unspecified atom stereocenters. The minimum atomic E-state index is -0.292. The maximum Gasteiger partial charge on any atom is 0.244 e. The lowest BCUT2D eigenvalue weighted by Gasteiger charge is -2.33. The summed E-state index contributed by atoms with van der Waals surface area (Å²) in [6.45, 7) is 3.68. The third-order valence-electron chi connectivity index (χ3n) is 5.31. The molecule has 0 radical (unpaired) electrons. The van der Waals surface area contributed by atoms with Gasteiger partial charge in [0.1, 0.15) is 6.04 Å². The monoisotopic (exact) mass is 325 g/mol. The van der Waals surface area contributed by atoms with Crippen molar-refractivity contribution in [1.29, 1.82) is 0 Å². The second-order valence-corrected chi connectivity index (χ2v) is 7.05. The zero-order valence-electron chi connectivity index (χ0n) is 14.0. The van der Waals surface area contributed by atoms with E-state index in [-0.39, 0.29) is 11.9 Å². The lowest BCUT2D eigenvalue weighted by molar-refractivity contribution is -0.133. The molecule has 1 N–H and O–H groups in total. The Hall–Kier alpha value is -2.37. The Morgan fingerprint density at radius 3 is 2.54 bits per heavy atom. The Kier molecular flexibility index (Phi) is 3.75. The fourth-order valence-corrected chi connectivity index (χ4v) is 3.45. The predicted octanol–water partition coefficient (Wildman–Crippen LogP) is 2.47. The Morgan fingerprint density at radius 2 is 1.88 bits per heavy atom. The molecule has 6 heteroatoms. The molecule has 2 fully saturated rings. The van der Waals surface area contributed by atoms with Gasteiger partial charge in [-0.25, -0.2) is 0 Å². The van der Waals surface area contributed by atoms with Gasteiger partial charge in [0.05, 0.1) is 11.9 Å².